The van der Waals surface area contributed by atoms with Gasteiger partial charge in [-0.1, -0.05) is 6.92 Å². The number of hydrogen-bond acceptors (Lipinski definition) is 4. The van der Waals surface area contributed by atoms with Gasteiger partial charge in [0.15, 0.2) is 0 Å². The van der Waals surface area contributed by atoms with E-state index in [4.69, 9.17) is 11.6 Å². The van der Waals surface area contributed by atoms with Gasteiger partial charge in [0.05, 0.1) is 11.3 Å². The molecule has 16 heavy (non-hydrogen) atoms. The molecule has 6 heteroatoms. The zero-order chi connectivity index (χ0) is 11.9. The fourth-order valence-corrected chi connectivity index (χ4v) is 1.86. The average molecular weight is 222 g/mol. The number of anilines is 1. The van der Waals surface area contributed by atoms with E-state index in [1.54, 1.807) is 0 Å². The summed E-state index contributed by atoms with van der Waals surface area (Å²) < 4.78 is 0.978. The van der Waals surface area contributed by atoms with Gasteiger partial charge in [-0.3, -0.25) is 9.59 Å². The first kappa shape index (κ1) is 10.5. The quantitative estimate of drug-likeness (QED) is 0.493. The molecule has 6 nitrogen and oxygen atoms in total. The van der Waals surface area contributed by atoms with Crippen molar-refractivity contribution < 1.29 is 4.79 Å². The maximum Gasteiger partial charge on any atom is 0.292 e. The Morgan fingerprint density at radius 1 is 1.50 bits per heavy atom. The molecule has 1 amide bonds. The van der Waals surface area contributed by atoms with Gasteiger partial charge in [-0.05, 0) is 18.4 Å². The number of carbonyl (C=O) groups is 1. The molecule has 0 radical (unpaired) electrons. The van der Waals surface area contributed by atoms with Crippen LogP contribution >= 0.6 is 0 Å². The summed E-state index contributed by atoms with van der Waals surface area (Å²) in [5, 5.41) is 2.76. The predicted molar refractivity (Wildman–Crippen MR) is 60.5 cm³/mol. The second kappa shape index (κ2) is 3.55. The van der Waals surface area contributed by atoms with Gasteiger partial charge in [-0.2, -0.15) is 0 Å². The molecule has 2 rings (SSSR count). The number of carbonyl (C=O) groups excluding carboxylic acids is 1. The third-order valence-electron chi connectivity index (χ3n) is 2.76. The molecule has 1 unspecified atom stereocenters. The van der Waals surface area contributed by atoms with E-state index in [0.717, 1.165) is 4.68 Å². The molecule has 1 aliphatic rings. The highest BCUT2D eigenvalue weighted by Gasteiger charge is 2.23. The van der Waals surface area contributed by atoms with Gasteiger partial charge in [0.1, 0.15) is 5.69 Å². The second-order valence-corrected chi connectivity index (χ2v) is 4.15. The van der Waals surface area contributed by atoms with Crippen LogP contribution in [0.25, 0.3) is 0 Å². The maximum atomic E-state index is 11.7. The molecule has 5 N–H and O–H groups in total. The van der Waals surface area contributed by atoms with E-state index in [9.17, 15) is 9.59 Å². The minimum absolute atomic E-state index is 0.00838. The van der Waals surface area contributed by atoms with Crippen LogP contribution in [-0.4, -0.2) is 17.1 Å². The Labute approximate surface area is 92.2 Å². The smallest absolute Gasteiger partial charge is 0.292 e. The third kappa shape index (κ3) is 1.52. The number of fused-ring (bicyclic) bond motifs is 1. The molecule has 86 valence electrons. The van der Waals surface area contributed by atoms with Gasteiger partial charge < -0.3 is 16.9 Å². The second-order valence-electron chi connectivity index (χ2n) is 4.15. The van der Waals surface area contributed by atoms with Gasteiger partial charge in [-0.15, -0.1) is 0 Å². The summed E-state index contributed by atoms with van der Waals surface area (Å²) in [5.74, 6) is 5.65. The van der Waals surface area contributed by atoms with Crippen molar-refractivity contribution in [1.29, 1.82) is 0 Å². The number of hydrogen-bond donors (Lipinski definition) is 3. The molecule has 0 aliphatic carbocycles. The molecule has 2 heterocycles. The van der Waals surface area contributed by atoms with E-state index in [1.807, 2.05) is 6.92 Å². The molecule has 0 bridgehead atoms. The van der Waals surface area contributed by atoms with Crippen LogP contribution in [0.5, 0.6) is 0 Å². The van der Waals surface area contributed by atoms with Gasteiger partial charge in [0.25, 0.3) is 11.5 Å². The normalized spacial score (nSPS) is 19.8. The Morgan fingerprint density at radius 3 is 2.88 bits per heavy atom. The van der Waals surface area contributed by atoms with Crippen molar-refractivity contribution in [2.45, 2.75) is 13.3 Å². The summed E-state index contributed by atoms with van der Waals surface area (Å²) in [5.41, 5.74) is 5.97. The monoisotopic (exact) mass is 222 g/mol. The Hall–Kier alpha value is -1.98. The standard InChI is InChI=1S/C10H14N4O2/c1-5-2-8-6(9(15)13-4-5)3-7(11)10(16)14(8)12/h3,5H,2,4,11-12H2,1H3,(H,13,15). The van der Waals surface area contributed by atoms with Crippen LogP contribution in [0.3, 0.4) is 0 Å². The first-order valence-corrected chi connectivity index (χ1v) is 5.08. The number of nitrogen functional groups attached to an aromatic ring is 2. The molecule has 0 aromatic carbocycles. The maximum absolute atomic E-state index is 11.7. The lowest BCUT2D eigenvalue weighted by atomic mass is 10.0. The highest BCUT2D eigenvalue weighted by Crippen LogP contribution is 2.16. The number of rotatable bonds is 0. The van der Waals surface area contributed by atoms with Crippen LogP contribution in [0.4, 0.5) is 5.69 Å². The molecule has 1 aromatic heterocycles. The van der Waals surface area contributed by atoms with Crippen molar-refractivity contribution in [3.63, 3.8) is 0 Å². The van der Waals surface area contributed by atoms with Gasteiger partial charge in [0.2, 0.25) is 0 Å². The number of aromatic nitrogens is 1. The van der Waals surface area contributed by atoms with Gasteiger partial charge >= 0.3 is 0 Å². The zero-order valence-corrected chi connectivity index (χ0v) is 8.99. The number of amides is 1. The van der Waals surface area contributed by atoms with Crippen molar-refractivity contribution in [2.75, 3.05) is 18.1 Å². The molecule has 1 aromatic rings. The Balaban J connectivity index is 2.69. The number of nitrogens with two attached hydrogens (primary N) is 2. The van der Waals surface area contributed by atoms with Crippen molar-refractivity contribution in [3.05, 3.63) is 27.7 Å². The minimum Gasteiger partial charge on any atom is -0.394 e. The molecule has 0 saturated carbocycles. The fraction of sp³-hybridized carbons (Fsp3) is 0.400. The Kier molecular flexibility index (Phi) is 2.34. The summed E-state index contributed by atoms with van der Waals surface area (Å²) in [6.45, 7) is 2.55. The van der Waals surface area contributed by atoms with Gasteiger partial charge in [-0.25, -0.2) is 4.68 Å². The van der Waals surface area contributed by atoms with E-state index in [1.165, 1.54) is 6.07 Å². The molecule has 0 saturated heterocycles. The van der Waals surface area contributed by atoms with Crippen LogP contribution in [0.1, 0.15) is 23.0 Å². The lowest BCUT2D eigenvalue weighted by molar-refractivity contribution is 0.0952. The van der Waals surface area contributed by atoms with Crippen LogP contribution < -0.4 is 22.5 Å². The number of nitrogens with zero attached hydrogens (tertiary/aromatic N) is 1. The molecular weight excluding hydrogens is 208 g/mol. The highest BCUT2D eigenvalue weighted by molar-refractivity contribution is 5.96. The van der Waals surface area contributed by atoms with Crippen LogP contribution in [0.15, 0.2) is 10.9 Å². The third-order valence-corrected chi connectivity index (χ3v) is 2.76. The first-order valence-electron chi connectivity index (χ1n) is 5.08. The average Bonchev–Trinajstić information content (AvgIpc) is 2.38. The summed E-state index contributed by atoms with van der Waals surface area (Å²) >= 11 is 0. The zero-order valence-electron chi connectivity index (χ0n) is 8.99. The molecule has 1 aliphatic heterocycles. The molecule has 0 fully saturated rings. The number of pyridine rings is 1. The summed E-state index contributed by atoms with van der Waals surface area (Å²) in [4.78, 5) is 23.3. The minimum atomic E-state index is -0.458. The van der Waals surface area contributed by atoms with E-state index in [-0.39, 0.29) is 17.5 Å². The highest BCUT2D eigenvalue weighted by atomic mass is 16.2. The van der Waals surface area contributed by atoms with Crippen molar-refractivity contribution in [3.8, 4) is 0 Å². The summed E-state index contributed by atoms with van der Waals surface area (Å²) in [6.07, 6.45) is 0.583. The largest absolute Gasteiger partial charge is 0.394 e. The number of nitrogens with one attached hydrogen (secondary N) is 1. The SMILES string of the molecule is CC1CNC(=O)c2cc(N)c(=O)n(N)c2C1. The van der Waals surface area contributed by atoms with Crippen LogP contribution in [-0.2, 0) is 6.42 Å². The topological polar surface area (TPSA) is 103 Å². The molecule has 1 atom stereocenters. The first-order chi connectivity index (χ1) is 7.50. The van der Waals surface area contributed by atoms with Crippen LogP contribution in [0.2, 0.25) is 0 Å². The van der Waals surface area contributed by atoms with Gasteiger partial charge in [0, 0.05) is 6.54 Å². The van der Waals surface area contributed by atoms with Crippen molar-refractivity contribution >= 4 is 11.6 Å². The van der Waals surface area contributed by atoms with E-state index < -0.39 is 5.56 Å². The lowest BCUT2D eigenvalue weighted by Crippen LogP contribution is -2.34. The predicted octanol–water partition coefficient (Wildman–Crippen LogP) is -0.934. The Morgan fingerprint density at radius 2 is 2.19 bits per heavy atom. The van der Waals surface area contributed by atoms with E-state index in [2.05, 4.69) is 5.32 Å². The lowest BCUT2D eigenvalue weighted by Gasteiger charge is -2.12. The van der Waals surface area contributed by atoms with E-state index in [0.29, 0.717) is 24.2 Å². The van der Waals surface area contributed by atoms with Crippen molar-refractivity contribution in [1.82, 2.24) is 9.99 Å². The van der Waals surface area contributed by atoms with E-state index >= 15 is 0 Å². The summed E-state index contributed by atoms with van der Waals surface area (Å²) in [6, 6.07) is 1.40. The summed E-state index contributed by atoms with van der Waals surface area (Å²) in [7, 11) is 0. The molecular formula is C10H14N4O2. The Bertz CT molecular complexity index is 506. The van der Waals surface area contributed by atoms with Crippen LogP contribution in [0, 0.1) is 5.92 Å². The molecule has 0 spiro atoms. The fourth-order valence-electron chi connectivity index (χ4n) is 1.86. The van der Waals surface area contributed by atoms with Crippen molar-refractivity contribution in [2.24, 2.45) is 5.92 Å².